The maximum Gasteiger partial charge on any atom is 0.233 e. The van der Waals surface area contributed by atoms with E-state index in [2.05, 4.69) is 28.2 Å². The van der Waals surface area contributed by atoms with Crippen molar-refractivity contribution in [3.8, 4) is 17.1 Å². The third-order valence-electron chi connectivity index (χ3n) is 5.39. The molecule has 4 rings (SSSR count). The molecule has 4 aromatic rings. The molecule has 6 nitrogen and oxygen atoms in total. The molecule has 2 aromatic heterocycles. The van der Waals surface area contributed by atoms with Gasteiger partial charge in [-0.2, -0.15) is 0 Å². The Balaban J connectivity index is 1.61. The number of carbonyl (C=O) groups excluding carboxylic acids is 1. The van der Waals surface area contributed by atoms with Gasteiger partial charge in [-0.15, -0.1) is 10.2 Å². The van der Waals surface area contributed by atoms with Crippen molar-refractivity contribution in [2.75, 3.05) is 5.75 Å². The van der Waals surface area contributed by atoms with Crippen LogP contribution in [0.4, 0.5) is 0 Å². The molecule has 0 atom stereocenters. The second-order valence-corrected chi connectivity index (χ2v) is 9.00. The predicted octanol–water partition coefficient (Wildman–Crippen LogP) is 5.17. The lowest BCUT2D eigenvalue weighted by molar-refractivity contribution is -0.130. The molecule has 0 aliphatic rings. The van der Waals surface area contributed by atoms with Crippen LogP contribution in [0.2, 0.25) is 0 Å². The lowest BCUT2D eigenvalue weighted by atomic mass is 10.2. The van der Waals surface area contributed by atoms with E-state index >= 15 is 0 Å². The van der Waals surface area contributed by atoms with Crippen LogP contribution < -0.4 is 0 Å². The maximum absolute atomic E-state index is 13.2. The SMILES string of the molecule is Cc1ccccc1-n1c(SCC(=O)N(Cc2ccccc2)C(C)C)nnc1-c1ccncc1. The highest BCUT2D eigenvalue weighted by Crippen LogP contribution is 2.29. The number of thioether (sulfide) groups is 1. The van der Waals surface area contributed by atoms with Crippen LogP contribution in [0, 0.1) is 6.92 Å². The van der Waals surface area contributed by atoms with Crippen LogP contribution in [-0.4, -0.2) is 42.4 Å². The van der Waals surface area contributed by atoms with Crippen molar-refractivity contribution in [2.45, 2.75) is 38.5 Å². The van der Waals surface area contributed by atoms with Gasteiger partial charge >= 0.3 is 0 Å². The highest BCUT2D eigenvalue weighted by molar-refractivity contribution is 7.99. The first-order valence-electron chi connectivity index (χ1n) is 10.9. The third-order valence-corrected chi connectivity index (χ3v) is 6.31. The van der Waals surface area contributed by atoms with Gasteiger partial charge in [0.15, 0.2) is 11.0 Å². The average molecular weight is 458 g/mol. The van der Waals surface area contributed by atoms with Gasteiger partial charge in [0, 0.05) is 30.5 Å². The van der Waals surface area contributed by atoms with Gasteiger partial charge in [0.25, 0.3) is 0 Å². The number of carbonyl (C=O) groups is 1. The van der Waals surface area contributed by atoms with Crippen LogP contribution in [0.15, 0.2) is 84.3 Å². The third kappa shape index (κ3) is 5.31. The Kier molecular flexibility index (Phi) is 7.19. The van der Waals surface area contributed by atoms with E-state index in [0.717, 1.165) is 28.2 Å². The van der Waals surface area contributed by atoms with Crippen LogP contribution in [0.3, 0.4) is 0 Å². The number of pyridine rings is 1. The van der Waals surface area contributed by atoms with Gasteiger partial charge in [-0.05, 0) is 50.1 Å². The summed E-state index contributed by atoms with van der Waals surface area (Å²) < 4.78 is 2.03. The monoisotopic (exact) mass is 457 g/mol. The van der Waals surface area contributed by atoms with Gasteiger partial charge in [0.1, 0.15) is 0 Å². The van der Waals surface area contributed by atoms with E-state index in [9.17, 15) is 4.79 Å². The van der Waals surface area contributed by atoms with Crippen molar-refractivity contribution < 1.29 is 4.79 Å². The fourth-order valence-corrected chi connectivity index (χ4v) is 4.46. The molecule has 0 bridgehead atoms. The van der Waals surface area contributed by atoms with E-state index in [4.69, 9.17) is 0 Å². The Labute approximate surface area is 198 Å². The zero-order valence-electron chi connectivity index (χ0n) is 19.0. The zero-order chi connectivity index (χ0) is 23.2. The van der Waals surface area contributed by atoms with E-state index in [1.54, 1.807) is 12.4 Å². The standard InChI is InChI=1S/C26H27N5OS/c1-19(2)30(17-21-10-5-4-6-11-21)24(32)18-33-26-29-28-25(22-13-15-27-16-14-22)31(26)23-12-8-7-9-20(23)3/h4-16,19H,17-18H2,1-3H3. The van der Waals surface area contributed by atoms with Gasteiger partial charge in [0.2, 0.25) is 5.91 Å². The summed E-state index contributed by atoms with van der Waals surface area (Å²) in [4.78, 5) is 19.2. The fraction of sp³-hybridized carbons (Fsp3) is 0.231. The number of hydrogen-bond donors (Lipinski definition) is 0. The largest absolute Gasteiger partial charge is 0.335 e. The second-order valence-electron chi connectivity index (χ2n) is 8.05. The van der Waals surface area contributed by atoms with Crippen LogP contribution in [0.25, 0.3) is 17.1 Å². The molecule has 2 aromatic carbocycles. The van der Waals surface area contributed by atoms with Crippen LogP contribution >= 0.6 is 11.8 Å². The molecule has 7 heteroatoms. The first-order chi connectivity index (χ1) is 16.0. The molecule has 2 heterocycles. The van der Waals surface area contributed by atoms with Crippen molar-refractivity contribution in [1.82, 2.24) is 24.6 Å². The van der Waals surface area contributed by atoms with Crippen LogP contribution in [0.1, 0.15) is 25.0 Å². The first-order valence-corrected chi connectivity index (χ1v) is 11.9. The smallest absolute Gasteiger partial charge is 0.233 e. The first kappa shape index (κ1) is 22.7. The van der Waals surface area contributed by atoms with Crippen molar-refractivity contribution in [3.63, 3.8) is 0 Å². The summed E-state index contributed by atoms with van der Waals surface area (Å²) in [7, 11) is 0. The van der Waals surface area contributed by atoms with Gasteiger partial charge in [0.05, 0.1) is 11.4 Å². The summed E-state index contributed by atoms with van der Waals surface area (Å²) >= 11 is 1.41. The summed E-state index contributed by atoms with van der Waals surface area (Å²) in [6, 6.07) is 22.1. The lowest BCUT2D eigenvalue weighted by Crippen LogP contribution is -2.37. The Morgan fingerprint density at radius 2 is 1.67 bits per heavy atom. The molecule has 0 aliphatic carbocycles. The van der Waals surface area contributed by atoms with E-state index < -0.39 is 0 Å². The topological polar surface area (TPSA) is 63.9 Å². The summed E-state index contributed by atoms with van der Waals surface area (Å²) in [5.74, 6) is 1.08. The van der Waals surface area contributed by atoms with Crippen LogP contribution in [0.5, 0.6) is 0 Å². The number of rotatable bonds is 8. The molecule has 0 fully saturated rings. The molecule has 0 spiro atoms. The molecular weight excluding hydrogens is 430 g/mol. The van der Waals surface area contributed by atoms with Crippen molar-refractivity contribution in [3.05, 3.63) is 90.3 Å². The number of nitrogens with zero attached hydrogens (tertiary/aromatic N) is 5. The van der Waals surface area contributed by atoms with E-state index in [0.29, 0.717) is 11.7 Å². The molecule has 0 saturated heterocycles. The predicted molar refractivity (Wildman–Crippen MR) is 132 cm³/mol. The summed E-state index contributed by atoms with van der Waals surface area (Å²) in [6.07, 6.45) is 3.49. The quantitative estimate of drug-likeness (QED) is 0.342. The Morgan fingerprint density at radius 1 is 0.970 bits per heavy atom. The Hall–Kier alpha value is -3.45. The Bertz CT molecular complexity index is 1210. The zero-order valence-corrected chi connectivity index (χ0v) is 19.9. The minimum atomic E-state index is 0.0728. The van der Waals surface area contributed by atoms with Crippen LogP contribution in [-0.2, 0) is 11.3 Å². The van der Waals surface area contributed by atoms with Gasteiger partial charge < -0.3 is 4.90 Å². The minimum absolute atomic E-state index is 0.0728. The number of hydrogen-bond acceptors (Lipinski definition) is 5. The number of benzene rings is 2. The molecule has 1 amide bonds. The summed E-state index contributed by atoms with van der Waals surface area (Å²) in [5.41, 5.74) is 4.14. The van der Waals surface area contributed by atoms with Crippen molar-refractivity contribution in [2.24, 2.45) is 0 Å². The van der Waals surface area contributed by atoms with Gasteiger partial charge in [-0.1, -0.05) is 60.3 Å². The normalized spacial score (nSPS) is 11.0. The number of aromatic nitrogens is 4. The van der Waals surface area contributed by atoms with Gasteiger partial charge in [-0.25, -0.2) is 0 Å². The minimum Gasteiger partial charge on any atom is -0.335 e. The van der Waals surface area contributed by atoms with Crippen molar-refractivity contribution in [1.29, 1.82) is 0 Å². The highest BCUT2D eigenvalue weighted by Gasteiger charge is 2.21. The highest BCUT2D eigenvalue weighted by atomic mass is 32.2. The number of amides is 1. The Morgan fingerprint density at radius 3 is 2.36 bits per heavy atom. The second kappa shape index (κ2) is 10.4. The van der Waals surface area contributed by atoms with E-state index in [-0.39, 0.29) is 17.7 Å². The molecule has 0 N–H and O–H groups in total. The molecule has 168 valence electrons. The fourth-order valence-electron chi connectivity index (χ4n) is 3.63. The summed E-state index contributed by atoms with van der Waals surface area (Å²) in [5, 5.41) is 9.61. The van der Waals surface area contributed by atoms with E-state index in [1.165, 1.54) is 11.8 Å². The lowest BCUT2D eigenvalue weighted by Gasteiger charge is -2.27. The average Bonchev–Trinajstić information content (AvgIpc) is 3.26. The molecule has 0 aliphatic heterocycles. The molecule has 0 saturated carbocycles. The molecule has 33 heavy (non-hydrogen) atoms. The molecular formula is C26H27N5OS. The number of para-hydroxylation sites is 1. The number of aryl methyl sites for hydroxylation is 1. The van der Waals surface area contributed by atoms with Gasteiger partial charge in [-0.3, -0.25) is 14.3 Å². The summed E-state index contributed by atoms with van der Waals surface area (Å²) in [6.45, 7) is 6.74. The van der Waals surface area contributed by atoms with E-state index in [1.807, 2.05) is 84.0 Å². The maximum atomic E-state index is 13.2. The molecule has 0 radical (unpaired) electrons. The van der Waals surface area contributed by atoms with Crippen molar-refractivity contribution >= 4 is 17.7 Å². The molecule has 0 unspecified atom stereocenters.